The SMILES string of the molecule is CC(C)N(Cc1cccnc1)C(=O)Cc1ccccc1C(F)(F)F. The van der Waals surface area contributed by atoms with Crippen molar-refractivity contribution in [2.45, 2.75) is 39.0 Å². The van der Waals surface area contributed by atoms with Crippen LogP contribution < -0.4 is 0 Å². The minimum Gasteiger partial charge on any atom is -0.336 e. The Morgan fingerprint density at radius 2 is 1.88 bits per heavy atom. The summed E-state index contributed by atoms with van der Waals surface area (Å²) >= 11 is 0. The molecule has 2 aromatic rings. The van der Waals surface area contributed by atoms with Crippen molar-refractivity contribution in [3.63, 3.8) is 0 Å². The number of carbonyl (C=O) groups is 1. The minimum absolute atomic E-state index is 0.00756. The number of alkyl halides is 3. The maximum atomic E-state index is 13.1. The van der Waals surface area contributed by atoms with Crippen LogP contribution in [0.2, 0.25) is 0 Å². The van der Waals surface area contributed by atoms with Gasteiger partial charge in [0.1, 0.15) is 0 Å². The van der Waals surface area contributed by atoms with Gasteiger partial charge >= 0.3 is 6.18 Å². The number of carbonyl (C=O) groups excluding carboxylic acids is 1. The zero-order valence-electron chi connectivity index (χ0n) is 13.5. The number of rotatable bonds is 5. The Labute approximate surface area is 139 Å². The fourth-order valence-corrected chi connectivity index (χ4v) is 2.46. The molecule has 2 rings (SSSR count). The number of nitrogens with zero attached hydrogens (tertiary/aromatic N) is 2. The fraction of sp³-hybridized carbons (Fsp3) is 0.333. The summed E-state index contributed by atoms with van der Waals surface area (Å²) in [5, 5.41) is 0. The Bertz CT molecular complexity index is 684. The molecule has 1 aromatic heterocycles. The van der Waals surface area contributed by atoms with E-state index in [-0.39, 0.29) is 23.9 Å². The molecule has 6 heteroatoms. The van der Waals surface area contributed by atoms with Gasteiger partial charge in [-0.3, -0.25) is 9.78 Å². The van der Waals surface area contributed by atoms with E-state index in [2.05, 4.69) is 4.98 Å². The normalized spacial score (nSPS) is 11.6. The Morgan fingerprint density at radius 3 is 2.46 bits per heavy atom. The highest BCUT2D eigenvalue weighted by Crippen LogP contribution is 2.32. The number of pyridine rings is 1. The average Bonchev–Trinajstić information content (AvgIpc) is 2.52. The highest BCUT2D eigenvalue weighted by atomic mass is 19.4. The average molecular weight is 336 g/mol. The highest BCUT2D eigenvalue weighted by Gasteiger charge is 2.33. The van der Waals surface area contributed by atoms with Crippen molar-refractivity contribution in [1.82, 2.24) is 9.88 Å². The van der Waals surface area contributed by atoms with Crippen molar-refractivity contribution < 1.29 is 18.0 Å². The number of hydrogen-bond donors (Lipinski definition) is 0. The van der Waals surface area contributed by atoms with Crippen LogP contribution in [-0.2, 0) is 23.9 Å². The highest BCUT2D eigenvalue weighted by molar-refractivity contribution is 5.79. The molecule has 1 amide bonds. The molecule has 0 N–H and O–H groups in total. The number of hydrogen-bond acceptors (Lipinski definition) is 2. The molecule has 128 valence electrons. The molecule has 0 aliphatic carbocycles. The summed E-state index contributed by atoms with van der Waals surface area (Å²) in [6, 6.07) is 8.66. The van der Waals surface area contributed by atoms with Gasteiger partial charge in [-0.25, -0.2) is 0 Å². The first kappa shape index (κ1) is 18.0. The first-order valence-corrected chi connectivity index (χ1v) is 7.62. The van der Waals surface area contributed by atoms with Crippen LogP contribution in [0.25, 0.3) is 0 Å². The second-order valence-corrected chi connectivity index (χ2v) is 5.81. The van der Waals surface area contributed by atoms with Gasteiger partial charge in [0.05, 0.1) is 12.0 Å². The van der Waals surface area contributed by atoms with Crippen LogP contribution in [0.1, 0.15) is 30.5 Å². The zero-order valence-corrected chi connectivity index (χ0v) is 13.5. The standard InChI is InChI=1S/C18H19F3N2O/c1-13(2)23(12-14-6-5-9-22-11-14)17(24)10-15-7-3-4-8-16(15)18(19,20)21/h3-9,11,13H,10,12H2,1-2H3. The molecule has 1 aromatic carbocycles. The number of aromatic nitrogens is 1. The zero-order chi connectivity index (χ0) is 17.7. The van der Waals surface area contributed by atoms with Crippen LogP contribution in [0.5, 0.6) is 0 Å². The van der Waals surface area contributed by atoms with Crippen molar-refractivity contribution >= 4 is 5.91 Å². The maximum absolute atomic E-state index is 13.1. The van der Waals surface area contributed by atoms with E-state index in [4.69, 9.17) is 0 Å². The molecule has 0 aliphatic rings. The van der Waals surface area contributed by atoms with Crippen LogP contribution in [0.4, 0.5) is 13.2 Å². The molecule has 0 spiro atoms. The molecule has 0 saturated heterocycles. The lowest BCUT2D eigenvalue weighted by molar-refractivity contribution is -0.139. The van der Waals surface area contributed by atoms with Crippen molar-refractivity contribution in [3.8, 4) is 0 Å². The van der Waals surface area contributed by atoms with Crippen molar-refractivity contribution in [2.24, 2.45) is 0 Å². The van der Waals surface area contributed by atoms with E-state index in [1.165, 1.54) is 18.2 Å². The van der Waals surface area contributed by atoms with E-state index in [1.54, 1.807) is 23.4 Å². The van der Waals surface area contributed by atoms with E-state index < -0.39 is 11.7 Å². The van der Waals surface area contributed by atoms with Crippen molar-refractivity contribution in [2.75, 3.05) is 0 Å². The molecule has 0 saturated carbocycles. The molecule has 24 heavy (non-hydrogen) atoms. The molecular weight excluding hydrogens is 317 g/mol. The Kier molecular flexibility index (Phi) is 5.59. The van der Waals surface area contributed by atoms with E-state index in [1.807, 2.05) is 19.9 Å². The number of amides is 1. The Hall–Kier alpha value is -2.37. The minimum atomic E-state index is -4.47. The lowest BCUT2D eigenvalue weighted by atomic mass is 10.0. The van der Waals surface area contributed by atoms with E-state index >= 15 is 0 Å². The first-order valence-electron chi connectivity index (χ1n) is 7.62. The van der Waals surface area contributed by atoms with Crippen LogP contribution in [-0.4, -0.2) is 21.8 Å². The number of halogens is 3. The molecule has 0 unspecified atom stereocenters. The third-order valence-corrected chi connectivity index (χ3v) is 3.68. The summed E-state index contributed by atoms with van der Waals surface area (Å²) in [6.45, 7) is 3.99. The van der Waals surface area contributed by atoms with Crippen molar-refractivity contribution in [3.05, 3.63) is 65.5 Å². The Balaban J connectivity index is 2.20. The summed E-state index contributed by atoms with van der Waals surface area (Å²) in [5.41, 5.74) is 0.0685. The summed E-state index contributed by atoms with van der Waals surface area (Å²) < 4.78 is 39.2. The van der Waals surface area contributed by atoms with E-state index in [0.717, 1.165) is 11.6 Å². The molecule has 0 atom stereocenters. The molecule has 0 fully saturated rings. The second-order valence-electron chi connectivity index (χ2n) is 5.81. The van der Waals surface area contributed by atoms with Gasteiger partial charge in [0.2, 0.25) is 5.91 Å². The van der Waals surface area contributed by atoms with Gasteiger partial charge in [-0.1, -0.05) is 24.3 Å². The van der Waals surface area contributed by atoms with Crippen LogP contribution in [0, 0.1) is 0 Å². The number of benzene rings is 1. The van der Waals surface area contributed by atoms with Gasteiger partial charge < -0.3 is 4.90 Å². The Morgan fingerprint density at radius 1 is 1.17 bits per heavy atom. The molecule has 0 bridgehead atoms. The lowest BCUT2D eigenvalue weighted by Gasteiger charge is -2.27. The molecular formula is C18H19F3N2O. The second kappa shape index (κ2) is 7.47. The molecule has 3 nitrogen and oxygen atoms in total. The summed E-state index contributed by atoms with van der Waals surface area (Å²) in [5.74, 6) is -0.342. The van der Waals surface area contributed by atoms with Crippen molar-refractivity contribution in [1.29, 1.82) is 0 Å². The van der Waals surface area contributed by atoms with E-state index in [0.29, 0.717) is 6.54 Å². The molecule has 0 radical (unpaired) electrons. The van der Waals surface area contributed by atoms with Crippen LogP contribution in [0.15, 0.2) is 48.8 Å². The summed E-state index contributed by atoms with van der Waals surface area (Å²) in [4.78, 5) is 18.1. The summed E-state index contributed by atoms with van der Waals surface area (Å²) in [7, 11) is 0. The molecule has 0 aliphatic heterocycles. The largest absolute Gasteiger partial charge is 0.416 e. The third-order valence-electron chi connectivity index (χ3n) is 3.68. The first-order chi connectivity index (χ1) is 11.3. The quantitative estimate of drug-likeness (QED) is 0.824. The predicted octanol–water partition coefficient (Wildman–Crippen LogP) is 4.08. The van der Waals surface area contributed by atoms with Gasteiger partial charge in [0.25, 0.3) is 0 Å². The third kappa shape index (κ3) is 4.57. The fourth-order valence-electron chi connectivity index (χ4n) is 2.46. The van der Waals surface area contributed by atoms with E-state index in [9.17, 15) is 18.0 Å². The van der Waals surface area contributed by atoms with Gasteiger partial charge in [-0.15, -0.1) is 0 Å². The van der Waals surface area contributed by atoms with Gasteiger partial charge in [0.15, 0.2) is 0 Å². The maximum Gasteiger partial charge on any atom is 0.416 e. The summed E-state index contributed by atoms with van der Waals surface area (Å²) in [6.07, 6.45) is -1.48. The van der Waals surface area contributed by atoms with Crippen LogP contribution >= 0.6 is 0 Å². The van der Waals surface area contributed by atoms with Gasteiger partial charge in [0, 0.05) is 25.0 Å². The topological polar surface area (TPSA) is 33.2 Å². The van der Waals surface area contributed by atoms with Crippen LogP contribution in [0.3, 0.4) is 0 Å². The van der Waals surface area contributed by atoms with Gasteiger partial charge in [-0.05, 0) is 37.1 Å². The van der Waals surface area contributed by atoms with Gasteiger partial charge in [-0.2, -0.15) is 13.2 Å². The lowest BCUT2D eigenvalue weighted by Crippen LogP contribution is -2.37. The molecule has 1 heterocycles. The monoisotopic (exact) mass is 336 g/mol. The smallest absolute Gasteiger partial charge is 0.336 e. The predicted molar refractivity (Wildman–Crippen MR) is 85.1 cm³/mol.